The molecule has 1 saturated carbocycles. The highest BCUT2D eigenvalue weighted by atomic mass is 16.5. The van der Waals surface area contributed by atoms with E-state index in [4.69, 9.17) is 13.9 Å². The quantitative estimate of drug-likeness (QED) is 0.175. The van der Waals surface area contributed by atoms with Crippen LogP contribution in [0.3, 0.4) is 0 Å². The van der Waals surface area contributed by atoms with E-state index >= 15 is 0 Å². The van der Waals surface area contributed by atoms with Gasteiger partial charge in [-0.1, -0.05) is 46.5 Å². The molecule has 3 aliphatic heterocycles. The number of Topliss-reactive ketones (excluding diaryl/α,β-unsaturated/α-hetero) is 1. The fraction of sp³-hybridized carbons (Fsp3) is 0.600. The summed E-state index contributed by atoms with van der Waals surface area (Å²) in [7, 11) is 0. The number of rotatable bonds is 9. The van der Waals surface area contributed by atoms with Gasteiger partial charge in [0.2, 0.25) is 0 Å². The molecule has 0 spiro atoms. The number of hydrogen-bond acceptors (Lipinski definition) is 6. The van der Waals surface area contributed by atoms with Crippen molar-refractivity contribution in [2.75, 3.05) is 18.0 Å². The summed E-state index contributed by atoms with van der Waals surface area (Å²) in [6.07, 6.45) is 12.1. The van der Waals surface area contributed by atoms with Crippen molar-refractivity contribution < 1.29 is 18.7 Å². The molecule has 0 radical (unpaired) electrons. The fourth-order valence-electron chi connectivity index (χ4n) is 8.95. The lowest BCUT2D eigenvalue weighted by atomic mass is 9.66. The summed E-state index contributed by atoms with van der Waals surface area (Å²) in [5.41, 5.74) is 6.50. The number of ether oxygens (including phenoxy) is 2. The first-order valence-electron chi connectivity index (χ1n) is 17.9. The van der Waals surface area contributed by atoms with E-state index in [9.17, 15) is 9.59 Å². The smallest absolute Gasteiger partial charge is 0.342 e. The Morgan fingerprint density at radius 3 is 2.61 bits per heavy atom. The van der Waals surface area contributed by atoms with Crippen LogP contribution < -0.4 is 20.0 Å². The van der Waals surface area contributed by atoms with Gasteiger partial charge < -0.3 is 18.8 Å². The van der Waals surface area contributed by atoms with E-state index in [1.807, 2.05) is 6.07 Å². The molecule has 1 aliphatic carbocycles. The molecule has 0 N–H and O–H groups in total. The second-order valence-electron chi connectivity index (χ2n) is 15.6. The summed E-state index contributed by atoms with van der Waals surface area (Å²) in [6.45, 7) is 13.4. The van der Waals surface area contributed by atoms with Gasteiger partial charge in [0, 0.05) is 60.0 Å². The van der Waals surface area contributed by atoms with E-state index in [0.717, 1.165) is 79.6 Å². The summed E-state index contributed by atoms with van der Waals surface area (Å²) < 4.78 is 19.6. The molecule has 1 aromatic heterocycles. The van der Waals surface area contributed by atoms with Crippen LogP contribution in [0.5, 0.6) is 11.5 Å². The van der Waals surface area contributed by atoms with Gasteiger partial charge in [-0.05, 0) is 93.2 Å². The second kappa shape index (κ2) is 12.1. The van der Waals surface area contributed by atoms with Gasteiger partial charge in [0.1, 0.15) is 35.1 Å². The lowest BCUT2D eigenvalue weighted by Crippen LogP contribution is -2.47. The molecule has 1 fully saturated rings. The van der Waals surface area contributed by atoms with E-state index in [0.29, 0.717) is 24.2 Å². The van der Waals surface area contributed by atoms with Crippen molar-refractivity contribution >= 4 is 22.4 Å². The maximum Gasteiger partial charge on any atom is 0.342 e. The molecule has 6 nitrogen and oxygen atoms in total. The van der Waals surface area contributed by atoms with Gasteiger partial charge in [-0.15, -0.1) is 0 Å². The first-order valence-corrected chi connectivity index (χ1v) is 17.9. The highest BCUT2D eigenvalue weighted by Crippen LogP contribution is 2.55. The Bertz CT molecular complexity index is 1710. The molecule has 4 aliphatic rings. The monoisotopic (exact) mass is 625 g/mol. The first-order chi connectivity index (χ1) is 22.1. The summed E-state index contributed by atoms with van der Waals surface area (Å²) >= 11 is 0. The third kappa shape index (κ3) is 5.64. The molecule has 0 unspecified atom stereocenters. The second-order valence-corrected chi connectivity index (χ2v) is 15.6. The molecule has 3 aromatic rings. The van der Waals surface area contributed by atoms with Crippen molar-refractivity contribution in [1.82, 2.24) is 0 Å². The van der Waals surface area contributed by atoms with Crippen LogP contribution in [0.4, 0.5) is 5.69 Å². The minimum atomic E-state index is -0.381. The third-order valence-electron chi connectivity index (χ3n) is 11.5. The molecule has 7 rings (SSSR count). The molecule has 246 valence electrons. The first kappa shape index (κ1) is 31.3. The van der Waals surface area contributed by atoms with Gasteiger partial charge in [0.05, 0.1) is 5.56 Å². The van der Waals surface area contributed by atoms with Crippen LogP contribution in [0.25, 0.3) is 11.0 Å². The molecule has 2 aromatic carbocycles. The Morgan fingerprint density at radius 2 is 1.80 bits per heavy atom. The number of aryl methyl sites for hydroxylation is 2. The Labute approximate surface area is 273 Å². The molecule has 0 saturated heterocycles. The Kier molecular flexibility index (Phi) is 8.22. The zero-order valence-electron chi connectivity index (χ0n) is 28.6. The predicted octanol–water partition coefficient (Wildman–Crippen LogP) is 8.94. The average Bonchev–Trinajstić information content (AvgIpc) is 3.02. The summed E-state index contributed by atoms with van der Waals surface area (Å²) in [4.78, 5) is 28.8. The lowest BCUT2D eigenvalue weighted by molar-refractivity contribution is -0.124. The SMILES string of the molecule is CCCCCCC(C)(C)c1cc(OCc2cc3cc4c5c(c3oc2=O)CCCN5CCC4)c2c(c1)OC(C)(C)[C@@H]1CCC(=O)C[C@@H]21. The Balaban J connectivity index is 1.26. The Morgan fingerprint density at radius 1 is 1.00 bits per heavy atom. The molecular weight excluding hydrogens is 574 g/mol. The van der Waals surface area contributed by atoms with E-state index in [2.05, 4.69) is 57.7 Å². The highest BCUT2D eigenvalue weighted by Gasteiger charge is 2.48. The zero-order chi connectivity index (χ0) is 32.2. The number of ketones is 1. The van der Waals surface area contributed by atoms with Crippen LogP contribution in [0.2, 0.25) is 0 Å². The number of carbonyl (C=O) groups excluding carboxylic acids is 1. The normalized spacial score (nSPS) is 21.8. The fourth-order valence-corrected chi connectivity index (χ4v) is 8.95. The molecule has 46 heavy (non-hydrogen) atoms. The van der Waals surface area contributed by atoms with E-state index in [1.54, 1.807) is 0 Å². The van der Waals surface area contributed by atoms with Crippen molar-refractivity contribution in [2.24, 2.45) is 5.92 Å². The van der Waals surface area contributed by atoms with Gasteiger partial charge in [-0.25, -0.2) is 4.79 Å². The largest absolute Gasteiger partial charge is 0.488 e. The van der Waals surface area contributed by atoms with Crippen LogP contribution in [0.1, 0.15) is 133 Å². The maximum absolute atomic E-state index is 13.5. The highest BCUT2D eigenvalue weighted by molar-refractivity contribution is 5.88. The van der Waals surface area contributed by atoms with Crippen LogP contribution in [0.15, 0.2) is 33.5 Å². The van der Waals surface area contributed by atoms with Crippen molar-refractivity contribution in [3.63, 3.8) is 0 Å². The van der Waals surface area contributed by atoms with Gasteiger partial charge >= 0.3 is 5.63 Å². The van der Waals surface area contributed by atoms with Gasteiger partial charge in [-0.2, -0.15) is 0 Å². The summed E-state index contributed by atoms with van der Waals surface area (Å²) in [5, 5.41) is 0.989. The number of unbranched alkanes of at least 4 members (excludes halogenated alkanes) is 3. The lowest BCUT2D eigenvalue weighted by Gasteiger charge is -2.47. The number of nitrogens with zero attached hydrogens (tertiary/aromatic N) is 1. The zero-order valence-corrected chi connectivity index (χ0v) is 28.6. The number of anilines is 1. The molecule has 0 bridgehead atoms. The Hall–Kier alpha value is -3.28. The van der Waals surface area contributed by atoms with Gasteiger partial charge in [0.15, 0.2) is 0 Å². The maximum atomic E-state index is 13.5. The summed E-state index contributed by atoms with van der Waals surface area (Å²) in [6, 6.07) is 8.61. The molecule has 2 atom stereocenters. The van der Waals surface area contributed by atoms with Crippen molar-refractivity contribution in [1.29, 1.82) is 0 Å². The predicted molar refractivity (Wildman–Crippen MR) is 184 cm³/mol. The topological polar surface area (TPSA) is 69.0 Å². The van der Waals surface area contributed by atoms with Crippen molar-refractivity contribution in [3.05, 3.63) is 62.5 Å². The molecule has 4 heterocycles. The third-order valence-corrected chi connectivity index (χ3v) is 11.5. The number of hydrogen-bond donors (Lipinski definition) is 0. The van der Waals surface area contributed by atoms with Crippen molar-refractivity contribution in [3.8, 4) is 11.5 Å². The van der Waals surface area contributed by atoms with Crippen molar-refractivity contribution in [2.45, 2.75) is 135 Å². The molecule has 0 amide bonds. The van der Waals surface area contributed by atoms with Crippen LogP contribution >= 0.6 is 0 Å². The number of carbonyl (C=O) groups is 1. The molecule has 6 heteroatoms. The van der Waals surface area contributed by atoms with Crippen LogP contribution in [0, 0.1) is 5.92 Å². The minimum absolute atomic E-state index is 0.0345. The number of fused-ring (bicyclic) bond motifs is 5. The van der Waals surface area contributed by atoms with Crippen LogP contribution in [-0.2, 0) is 29.7 Å². The van der Waals surface area contributed by atoms with E-state index in [-0.39, 0.29) is 35.1 Å². The standard InChI is InChI=1S/C40H51NO5/c1-6-7-8-9-16-39(2,3)28-21-33(35-31-23-29(42)14-15-32(31)40(4,5)46-34(35)22-28)44-24-27-20-26-19-25-12-10-17-41-18-11-13-30(36(25)41)37(26)45-38(27)43/h19-22,31-32H,6-18,23-24H2,1-5H3/t31-,32-/m1/s1. The number of benzene rings is 2. The van der Waals surface area contributed by atoms with Gasteiger partial charge in [-0.3, -0.25) is 4.79 Å². The minimum Gasteiger partial charge on any atom is -0.488 e. The van der Waals surface area contributed by atoms with E-state index < -0.39 is 0 Å². The molecular formula is C40H51NO5. The van der Waals surface area contributed by atoms with Crippen LogP contribution in [-0.4, -0.2) is 24.5 Å². The average molecular weight is 626 g/mol. The van der Waals surface area contributed by atoms with E-state index in [1.165, 1.54) is 48.1 Å². The summed E-state index contributed by atoms with van der Waals surface area (Å²) in [5.74, 6) is 2.13. The van der Waals surface area contributed by atoms with Gasteiger partial charge in [0.25, 0.3) is 0 Å².